The summed E-state index contributed by atoms with van der Waals surface area (Å²) in [5, 5.41) is 12.2. The summed E-state index contributed by atoms with van der Waals surface area (Å²) < 4.78 is 0. The molecule has 1 atom stereocenters. The Bertz CT molecular complexity index is 228. The minimum atomic E-state index is 0.425. The normalized spacial score (nSPS) is 24.4. The maximum atomic E-state index is 8.81. The highest BCUT2D eigenvalue weighted by Gasteiger charge is 2.21. The number of hydrogen-bond acceptors (Lipinski definition) is 3. The largest absolute Gasteiger partial charge is 0.411 e. The van der Waals surface area contributed by atoms with E-state index in [9.17, 15) is 0 Å². The minimum absolute atomic E-state index is 0.425. The smallest absolute Gasteiger partial charge is 0.0624 e. The summed E-state index contributed by atoms with van der Waals surface area (Å²) >= 11 is 0. The fourth-order valence-corrected chi connectivity index (χ4v) is 2.57. The van der Waals surface area contributed by atoms with Crippen LogP contribution in [0.3, 0.4) is 0 Å². The van der Waals surface area contributed by atoms with Crippen LogP contribution in [-0.4, -0.2) is 35.5 Å². The highest BCUT2D eigenvalue weighted by molar-refractivity contribution is 5.86. The molecule has 1 unspecified atom stereocenters. The number of piperidine rings is 1. The fourth-order valence-electron chi connectivity index (χ4n) is 2.57. The van der Waals surface area contributed by atoms with E-state index in [1.807, 2.05) is 0 Å². The van der Waals surface area contributed by atoms with Gasteiger partial charge in [0.1, 0.15) is 0 Å². The third kappa shape index (κ3) is 5.53. The Balaban J connectivity index is 2.05. The van der Waals surface area contributed by atoms with E-state index in [-0.39, 0.29) is 0 Å². The monoisotopic (exact) mass is 240 g/mol. The van der Waals surface area contributed by atoms with Crippen molar-refractivity contribution in [2.45, 2.75) is 58.8 Å². The van der Waals surface area contributed by atoms with Gasteiger partial charge < -0.3 is 10.1 Å². The molecule has 100 valence electrons. The Morgan fingerprint density at radius 3 is 2.59 bits per heavy atom. The molecule has 1 aliphatic heterocycles. The fraction of sp³-hybridized carbons (Fsp3) is 0.929. The van der Waals surface area contributed by atoms with Crippen LogP contribution < -0.4 is 0 Å². The SMILES string of the molecule is CCCCCCCCN1CCC(=NO)C(C)C1. The molecule has 0 bridgehead atoms. The van der Waals surface area contributed by atoms with Crippen LogP contribution in [-0.2, 0) is 0 Å². The molecule has 1 heterocycles. The summed E-state index contributed by atoms with van der Waals surface area (Å²) in [6, 6.07) is 0. The van der Waals surface area contributed by atoms with E-state index in [4.69, 9.17) is 5.21 Å². The van der Waals surface area contributed by atoms with Crippen molar-refractivity contribution in [3.8, 4) is 0 Å². The van der Waals surface area contributed by atoms with Crippen LogP contribution in [0, 0.1) is 5.92 Å². The average Bonchev–Trinajstić information content (AvgIpc) is 2.34. The van der Waals surface area contributed by atoms with Crippen molar-refractivity contribution in [3.63, 3.8) is 0 Å². The van der Waals surface area contributed by atoms with Crippen LogP contribution in [0.4, 0.5) is 0 Å². The van der Waals surface area contributed by atoms with Crippen molar-refractivity contribution in [1.82, 2.24) is 4.90 Å². The van der Waals surface area contributed by atoms with E-state index in [1.54, 1.807) is 0 Å². The summed E-state index contributed by atoms with van der Waals surface area (Å²) in [6.45, 7) is 7.76. The van der Waals surface area contributed by atoms with Gasteiger partial charge in [0, 0.05) is 25.4 Å². The number of oxime groups is 1. The van der Waals surface area contributed by atoms with E-state index in [1.165, 1.54) is 45.1 Å². The molecule has 0 amide bonds. The van der Waals surface area contributed by atoms with Gasteiger partial charge in [0.2, 0.25) is 0 Å². The molecule has 1 N–H and O–H groups in total. The molecule has 0 aromatic carbocycles. The summed E-state index contributed by atoms with van der Waals surface area (Å²) in [4.78, 5) is 2.51. The number of likely N-dealkylation sites (tertiary alicyclic amines) is 1. The van der Waals surface area contributed by atoms with Crippen LogP contribution >= 0.6 is 0 Å². The van der Waals surface area contributed by atoms with Crippen molar-refractivity contribution >= 4 is 5.71 Å². The van der Waals surface area contributed by atoms with Gasteiger partial charge in [-0.3, -0.25) is 0 Å². The lowest BCUT2D eigenvalue weighted by molar-refractivity contribution is 0.231. The Labute approximate surface area is 106 Å². The van der Waals surface area contributed by atoms with E-state index in [0.717, 1.165) is 25.2 Å². The molecule has 0 aliphatic carbocycles. The Morgan fingerprint density at radius 2 is 1.94 bits per heavy atom. The van der Waals surface area contributed by atoms with Gasteiger partial charge in [-0.1, -0.05) is 51.1 Å². The van der Waals surface area contributed by atoms with Gasteiger partial charge in [0.15, 0.2) is 0 Å². The first-order valence-electron chi connectivity index (χ1n) is 7.21. The number of hydrogen-bond donors (Lipinski definition) is 1. The van der Waals surface area contributed by atoms with Gasteiger partial charge in [-0.05, 0) is 13.0 Å². The van der Waals surface area contributed by atoms with Crippen LogP contribution in [0.5, 0.6) is 0 Å². The maximum Gasteiger partial charge on any atom is 0.0624 e. The molecule has 1 fully saturated rings. The first-order valence-corrected chi connectivity index (χ1v) is 7.21. The van der Waals surface area contributed by atoms with Crippen LogP contribution in [0.25, 0.3) is 0 Å². The Kier molecular flexibility index (Phi) is 7.25. The second-order valence-electron chi connectivity index (χ2n) is 5.31. The highest BCUT2D eigenvalue weighted by atomic mass is 16.4. The first kappa shape index (κ1) is 14.5. The van der Waals surface area contributed by atoms with E-state index in [0.29, 0.717) is 5.92 Å². The molecular formula is C14H28N2O. The van der Waals surface area contributed by atoms with Crippen LogP contribution in [0.1, 0.15) is 58.8 Å². The van der Waals surface area contributed by atoms with Crippen molar-refractivity contribution in [2.75, 3.05) is 19.6 Å². The third-order valence-electron chi connectivity index (χ3n) is 3.74. The molecule has 17 heavy (non-hydrogen) atoms. The van der Waals surface area contributed by atoms with Crippen molar-refractivity contribution in [3.05, 3.63) is 0 Å². The van der Waals surface area contributed by atoms with Gasteiger partial charge in [0.05, 0.1) is 5.71 Å². The second kappa shape index (κ2) is 8.51. The zero-order chi connectivity index (χ0) is 12.5. The predicted molar refractivity (Wildman–Crippen MR) is 72.8 cm³/mol. The third-order valence-corrected chi connectivity index (χ3v) is 3.74. The Hall–Kier alpha value is -0.570. The van der Waals surface area contributed by atoms with Crippen molar-refractivity contribution in [2.24, 2.45) is 11.1 Å². The Morgan fingerprint density at radius 1 is 1.24 bits per heavy atom. The molecule has 1 rings (SSSR count). The van der Waals surface area contributed by atoms with Crippen LogP contribution in [0.2, 0.25) is 0 Å². The van der Waals surface area contributed by atoms with Gasteiger partial charge in [-0.15, -0.1) is 0 Å². The van der Waals surface area contributed by atoms with E-state index in [2.05, 4.69) is 23.9 Å². The minimum Gasteiger partial charge on any atom is -0.411 e. The van der Waals surface area contributed by atoms with Gasteiger partial charge in [-0.2, -0.15) is 0 Å². The molecule has 0 spiro atoms. The quantitative estimate of drug-likeness (QED) is 0.420. The van der Waals surface area contributed by atoms with Gasteiger partial charge >= 0.3 is 0 Å². The molecule has 0 aromatic rings. The van der Waals surface area contributed by atoms with E-state index >= 15 is 0 Å². The number of unbranched alkanes of at least 4 members (excludes halogenated alkanes) is 5. The lowest BCUT2D eigenvalue weighted by Gasteiger charge is -2.31. The predicted octanol–water partition coefficient (Wildman–Crippen LogP) is 3.52. The molecular weight excluding hydrogens is 212 g/mol. The molecule has 0 radical (unpaired) electrons. The zero-order valence-corrected chi connectivity index (χ0v) is 11.5. The summed E-state index contributed by atoms with van der Waals surface area (Å²) in [7, 11) is 0. The highest BCUT2D eigenvalue weighted by Crippen LogP contribution is 2.15. The second-order valence-corrected chi connectivity index (χ2v) is 5.31. The summed E-state index contributed by atoms with van der Waals surface area (Å²) in [6.07, 6.45) is 9.13. The summed E-state index contributed by atoms with van der Waals surface area (Å²) in [5.41, 5.74) is 0.976. The molecule has 0 saturated carbocycles. The standard InChI is InChI=1S/C14H28N2O/c1-3-4-5-6-7-8-10-16-11-9-14(15-17)13(2)12-16/h13,17H,3-12H2,1-2H3. The maximum absolute atomic E-state index is 8.81. The number of nitrogens with zero attached hydrogens (tertiary/aromatic N) is 2. The lowest BCUT2D eigenvalue weighted by atomic mass is 9.97. The number of rotatable bonds is 7. The molecule has 0 aromatic heterocycles. The van der Waals surface area contributed by atoms with Crippen molar-refractivity contribution < 1.29 is 5.21 Å². The van der Waals surface area contributed by atoms with Crippen LogP contribution in [0.15, 0.2) is 5.16 Å². The van der Waals surface area contributed by atoms with Gasteiger partial charge in [-0.25, -0.2) is 0 Å². The zero-order valence-electron chi connectivity index (χ0n) is 11.5. The topological polar surface area (TPSA) is 35.8 Å². The molecule has 1 saturated heterocycles. The van der Waals surface area contributed by atoms with Crippen molar-refractivity contribution in [1.29, 1.82) is 0 Å². The average molecular weight is 240 g/mol. The molecule has 3 nitrogen and oxygen atoms in total. The van der Waals surface area contributed by atoms with Gasteiger partial charge in [0.25, 0.3) is 0 Å². The summed E-state index contributed by atoms with van der Waals surface area (Å²) in [5.74, 6) is 0.425. The first-order chi connectivity index (χ1) is 8.27. The molecule has 3 heteroatoms. The molecule has 1 aliphatic rings. The van der Waals surface area contributed by atoms with E-state index < -0.39 is 0 Å². The lowest BCUT2D eigenvalue weighted by Crippen LogP contribution is -2.40.